The van der Waals surface area contributed by atoms with Crippen LogP contribution >= 0.6 is 23.1 Å². The normalized spacial score (nSPS) is 10.8. The summed E-state index contributed by atoms with van der Waals surface area (Å²) >= 11 is 3.47. The molecule has 2 aromatic heterocycles. The minimum atomic E-state index is 0.904. The van der Waals surface area contributed by atoms with Crippen LogP contribution in [0.3, 0.4) is 0 Å². The Kier molecular flexibility index (Phi) is 3.43. The van der Waals surface area contributed by atoms with Gasteiger partial charge in [-0.2, -0.15) is 0 Å². The molecule has 2 rings (SSSR count). The predicted octanol–water partition coefficient (Wildman–Crippen LogP) is 2.73. The van der Waals surface area contributed by atoms with Crippen molar-refractivity contribution in [2.45, 2.75) is 24.3 Å². The molecular formula is C10H13N3S2. The Morgan fingerprint density at radius 3 is 3.00 bits per heavy atom. The minimum absolute atomic E-state index is 0.904. The maximum atomic E-state index is 4.52. The van der Waals surface area contributed by atoms with E-state index in [9.17, 15) is 0 Å². The summed E-state index contributed by atoms with van der Waals surface area (Å²) < 4.78 is 2.03. The smallest absolute Gasteiger partial charge is 0.168 e. The van der Waals surface area contributed by atoms with Crippen molar-refractivity contribution in [1.82, 2.24) is 14.5 Å². The lowest BCUT2D eigenvalue weighted by Crippen LogP contribution is -1.90. The molecule has 0 radical (unpaired) electrons. The third-order valence-corrected chi connectivity index (χ3v) is 4.16. The van der Waals surface area contributed by atoms with Gasteiger partial charge in [-0.25, -0.2) is 9.97 Å². The van der Waals surface area contributed by atoms with Crippen molar-refractivity contribution in [3.05, 3.63) is 28.5 Å². The van der Waals surface area contributed by atoms with E-state index in [0.29, 0.717) is 0 Å². The average molecular weight is 239 g/mol. The van der Waals surface area contributed by atoms with Crippen molar-refractivity contribution in [3.8, 4) is 0 Å². The number of hydrogen-bond donors (Lipinski definition) is 0. The molecule has 0 bridgehead atoms. The van der Waals surface area contributed by atoms with Crippen molar-refractivity contribution in [3.63, 3.8) is 0 Å². The van der Waals surface area contributed by atoms with Crippen molar-refractivity contribution >= 4 is 23.1 Å². The fourth-order valence-corrected chi connectivity index (χ4v) is 2.88. The monoisotopic (exact) mass is 239 g/mol. The van der Waals surface area contributed by atoms with Crippen LogP contribution in [0.5, 0.6) is 0 Å². The Labute approximate surface area is 97.6 Å². The van der Waals surface area contributed by atoms with Gasteiger partial charge in [-0.1, -0.05) is 18.7 Å². The molecule has 0 N–H and O–H groups in total. The van der Waals surface area contributed by atoms with Gasteiger partial charge in [0, 0.05) is 30.6 Å². The van der Waals surface area contributed by atoms with Crippen LogP contribution < -0.4 is 0 Å². The first-order chi connectivity index (χ1) is 7.29. The summed E-state index contributed by atoms with van der Waals surface area (Å²) in [6.07, 6.45) is 4.81. The SMILES string of the molecule is CCc1nc(CSc2nccn2C)cs1. The lowest BCUT2D eigenvalue weighted by Gasteiger charge is -1.98. The van der Waals surface area contributed by atoms with Gasteiger partial charge in [-0.05, 0) is 6.42 Å². The Bertz CT molecular complexity index is 433. The summed E-state index contributed by atoms with van der Waals surface area (Å²) in [5.41, 5.74) is 1.16. The van der Waals surface area contributed by atoms with E-state index in [2.05, 4.69) is 22.3 Å². The van der Waals surface area contributed by atoms with E-state index < -0.39 is 0 Å². The van der Waals surface area contributed by atoms with E-state index in [1.54, 1.807) is 23.1 Å². The minimum Gasteiger partial charge on any atom is -0.329 e. The summed E-state index contributed by atoms with van der Waals surface area (Å²) in [6.45, 7) is 2.13. The van der Waals surface area contributed by atoms with Crippen LogP contribution in [0.15, 0.2) is 22.9 Å². The van der Waals surface area contributed by atoms with Crippen molar-refractivity contribution in [2.24, 2.45) is 7.05 Å². The number of aryl methyl sites for hydroxylation is 2. The number of imidazole rings is 1. The van der Waals surface area contributed by atoms with Crippen LogP contribution in [0.25, 0.3) is 0 Å². The summed E-state index contributed by atoms with van der Waals surface area (Å²) in [5.74, 6) is 0.904. The van der Waals surface area contributed by atoms with Crippen LogP contribution in [0.4, 0.5) is 0 Å². The first-order valence-electron chi connectivity index (χ1n) is 4.83. The molecule has 0 amide bonds. The third kappa shape index (κ3) is 2.60. The maximum absolute atomic E-state index is 4.52. The first kappa shape index (κ1) is 10.7. The van der Waals surface area contributed by atoms with Gasteiger partial charge in [0.2, 0.25) is 0 Å². The average Bonchev–Trinajstić information content (AvgIpc) is 2.84. The van der Waals surface area contributed by atoms with E-state index in [-0.39, 0.29) is 0 Å². The van der Waals surface area contributed by atoms with Crippen LogP contribution in [0.2, 0.25) is 0 Å². The van der Waals surface area contributed by atoms with E-state index in [0.717, 1.165) is 23.0 Å². The molecule has 0 aliphatic heterocycles. The number of nitrogens with zero attached hydrogens (tertiary/aromatic N) is 3. The summed E-state index contributed by atoms with van der Waals surface area (Å²) in [5, 5.41) is 4.39. The maximum Gasteiger partial charge on any atom is 0.168 e. The van der Waals surface area contributed by atoms with Gasteiger partial charge in [0.05, 0.1) is 10.7 Å². The lowest BCUT2D eigenvalue weighted by atomic mass is 10.5. The van der Waals surface area contributed by atoms with Crippen LogP contribution in [0.1, 0.15) is 17.6 Å². The summed E-state index contributed by atoms with van der Waals surface area (Å²) in [6, 6.07) is 0. The van der Waals surface area contributed by atoms with Gasteiger partial charge in [0.25, 0.3) is 0 Å². The van der Waals surface area contributed by atoms with Gasteiger partial charge in [0.15, 0.2) is 5.16 Å². The van der Waals surface area contributed by atoms with Gasteiger partial charge >= 0.3 is 0 Å². The van der Waals surface area contributed by atoms with E-state index in [4.69, 9.17) is 0 Å². The summed E-state index contributed by atoms with van der Waals surface area (Å²) in [4.78, 5) is 8.78. The molecule has 80 valence electrons. The topological polar surface area (TPSA) is 30.7 Å². The van der Waals surface area contributed by atoms with Gasteiger partial charge in [-0.15, -0.1) is 11.3 Å². The highest BCUT2D eigenvalue weighted by molar-refractivity contribution is 7.98. The molecule has 3 nitrogen and oxygen atoms in total. The Morgan fingerprint density at radius 2 is 2.40 bits per heavy atom. The second-order valence-electron chi connectivity index (χ2n) is 3.20. The first-order valence-corrected chi connectivity index (χ1v) is 6.69. The Morgan fingerprint density at radius 1 is 1.53 bits per heavy atom. The molecule has 0 aliphatic carbocycles. The molecular weight excluding hydrogens is 226 g/mol. The van der Waals surface area contributed by atoms with Gasteiger partial charge in [-0.3, -0.25) is 0 Å². The fraction of sp³-hybridized carbons (Fsp3) is 0.400. The zero-order valence-electron chi connectivity index (χ0n) is 8.80. The molecule has 0 aromatic carbocycles. The zero-order chi connectivity index (χ0) is 10.7. The highest BCUT2D eigenvalue weighted by atomic mass is 32.2. The number of thioether (sulfide) groups is 1. The molecule has 5 heteroatoms. The third-order valence-electron chi connectivity index (χ3n) is 2.03. The van der Waals surface area contributed by atoms with E-state index in [1.165, 1.54) is 5.01 Å². The van der Waals surface area contributed by atoms with Crippen LogP contribution in [-0.4, -0.2) is 14.5 Å². The molecule has 0 atom stereocenters. The van der Waals surface area contributed by atoms with Crippen molar-refractivity contribution < 1.29 is 0 Å². The Balaban J connectivity index is 1.96. The van der Waals surface area contributed by atoms with Crippen molar-refractivity contribution in [1.29, 1.82) is 0 Å². The van der Waals surface area contributed by atoms with E-state index in [1.807, 2.05) is 24.0 Å². The van der Waals surface area contributed by atoms with Crippen LogP contribution in [0, 0.1) is 0 Å². The van der Waals surface area contributed by atoms with Gasteiger partial charge < -0.3 is 4.57 Å². The molecule has 0 saturated carbocycles. The van der Waals surface area contributed by atoms with Gasteiger partial charge in [0.1, 0.15) is 0 Å². The number of rotatable bonds is 4. The quantitative estimate of drug-likeness (QED) is 0.769. The molecule has 2 heterocycles. The molecule has 0 aliphatic rings. The van der Waals surface area contributed by atoms with E-state index >= 15 is 0 Å². The lowest BCUT2D eigenvalue weighted by molar-refractivity contribution is 0.789. The largest absolute Gasteiger partial charge is 0.329 e. The molecule has 2 aromatic rings. The van der Waals surface area contributed by atoms with Crippen LogP contribution in [-0.2, 0) is 19.2 Å². The fourth-order valence-electron chi connectivity index (χ4n) is 1.21. The number of thiazole rings is 1. The molecule has 0 unspecified atom stereocenters. The second-order valence-corrected chi connectivity index (χ2v) is 5.08. The zero-order valence-corrected chi connectivity index (χ0v) is 10.4. The molecule has 0 fully saturated rings. The number of hydrogen-bond acceptors (Lipinski definition) is 4. The molecule has 0 spiro atoms. The molecule has 15 heavy (non-hydrogen) atoms. The number of aromatic nitrogens is 3. The highest BCUT2D eigenvalue weighted by Gasteiger charge is 2.04. The standard InChI is InChI=1S/C10H13N3S2/c1-3-9-12-8(6-14-9)7-15-10-11-4-5-13(10)2/h4-6H,3,7H2,1-2H3. The summed E-state index contributed by atoms with van der Waals surface area (Å²) in [7, 11) is 2.01. The van der Waals surface area contributed by atoms with Crippen molar-refractivity contribution in [2.75, 3.05) is 0 Å². The molecule has 0 saturated heterocycles. The predicted molar refractivity (Wildman–Crippen MR) is 64.3 cm³/mol. The second kappa shape index (κ2) is 4.81. The highest BCUT2D eigenvalue weighted by Crippen LogP contribution is 2.21. The Hall–Kier alpha value is -0.810.